The molecule has 200 valence electrons. The van der Waals surface area contributed by atoms with Crippen LogP contribution in [0.3, 0.4) is 0 Å². The summed E-state index contributed by atoms with van der Waals surface area (Å²) in [5.74, 6) is 0.688. The normalized spacial score (nSPS) is 19.4. The topological polar surface area (TPSA) is 47.3 Å². The Labute approximate surface area is 231 Å². The van der Waals surface area contributed by atoms with Gasteiger partial charge in [0.25, 0.3) is 5.91 Å². The van der Waals surface area contributed by atoms with Gasteiger partial charge in [-0.15, -0.1) is 0 Å². The summed E-state index contributed by atoms with van der Waals surface area (Å²) < 4.78 is 13.8. The third-order valence-corrected chi connectivity index (χ3v) is 8.26. The smallest absolute Gasteiger partial charge is 0.253 e. The zero-order valence-electron chi connectivity index (χ0n) is 23.3. The highest BCUT2D eigenvalue weighted by Crippen LogP contribution is 2.33. The first-order valence-electron chi connectivity index (χ1n) is 13.9. The molecule has 2 aliphatic rings. The number of hydrogen-bond acceptors (Lipinski definition) is 3. The molecule has 5 rings (SSSR count). The van der Waals surface area contributed by atoms with Gasteiger partial charge in [0.1, 0.15) is 12.2 Å². The van der Waals surface area contributed by atoms with E-state index in [4.69, 9.17) is 0 Å². The molecular formula is C34H36FN3O. The average Bonchev–Trinajstić information content (AvgIpc) is 3.57. The lowest BCUT2D eigenvalue weighted by Crippen LogP contribution is -2.28. The minimum absolute atomic E-state index is 0.121. The molecule has 2 fully saturated rings. The van der Waals surface area contributed by atoms with Crippen molar-refractivity contribution in [2.45, 2.75) is 46.7 Å². The summed E-state index contributed by atoms with van der Waals surface area (Å²) >= 11 is 0. The minimum Gasteiger partial charge on any atom is -0.367 e. The molecule has 3 aromatic rings. The van der Waals surface area contributed by atoms with Gasteiger partial charge in [-0.1, -0.05) is 43.3 Å². The summed E-state index contributed by atoms with van der Waals surface area (Å²) in [7, 11) is 0. The van der Waals surface area contributed by atoms with Crippen LogP contribution in [0.15, 0.2) is 54.6 Å². The molecule has 0 spiro atoms. The number of likely N-dealkylation sites (tertiary alicyclic amines) is 1. The molecule has 5 heteroatoms. The predicted octanol–water partition coefficient (Wildman–Crippen LogP) is 7.43. The highest BCUT2D eigenvalue weighted by atomic mass is 19.1. The number of rotatable bonds is 5. The van der Waals surface area contributed by atoms with Crippen LogP contribution in [-0.4, -0.2) is 43.2 Å². The number of nitrogens with zero attached hydrogens (tertiary/aromatic N) is 3. The number of hydrogen-bond donors (Lipinski definition) is 0. The van der Waals surface area contributed by atoms with Gasteiger partial charge in [-0.25, -0.2) is 4.39 Å². The van der Waals surface area contributed by atoms with Crippen molar-refractivity contribution in [3.63, 3.8) is 0 Å². The van der Waals surface area contributed by atoms with Crippen LogP contribution in [0.5, 0.6) is 0 Å². The Balaban J connectivity index is 1.41. The molecule has 39 heavy (non-hydrogen) atoms. The van der Waals surface area contributed by atoms with Gasteiger partial charge in [-0.2, -0.15) is 5.26 Å². The zero-order chi connectivity index (χ0) is 27.7. The second-order valence-corrected chi connectivity index (χ2v) is 11.2. The fourth-order valence-electron chi connectivity index (χ4n) is 5.98. The highest BCUT2D eigenvalue weighted by molar-refractivity contribution is 5.95. The van der Waals surface area contributed by atoms with E-state index in [9.17, 15) is 14.4 Å². The Morgan fingerprint density at radius 2 is 1.87 bits per heavy atom. The van der Waals surface area contributed by atoms with Gasteiger partial charge < -0.3 is 9.80 Å². The molecule has 0 aliphatic carbocycles. The summed E-state index contributed by atoms with van der Waals surface area (Å²) in [5.41, 5.74) is 9.77. The van der Waals surface area contributed by atoms with Crippen molar-refractivity contribution in [2.75, 3.05) is 31.1 Å². The molecule has 2 heterocycles. The number of anilines is 1. The zero-order valence-corrected chi connectivity index (χ0v) is 23.3. The first-order chi connectivity index (χ1) is 18.7. The average molecular weight is 522 g/mol. The molecule has 0 radical (unpaired) electrons. The molecule has 0 unspecified atom stereocenters. The minimum atomic E-state index is -0.834. The van der Waals surface area contributed by atoms with Crippen molar-refractivity contribution in [3.8, 4) is 17.2 Å². The van der Waals surface area contributed by atoms with Crippen molar-refractivity contribution in [1.29, 1.82) is 5.26 Å². The SMILES string of the molecule is C/C(=C\c1cccc(-c2ccc(N3CC[C@H](F)C3)c(C#N)c2)c1C)c1ccc(C(=O)N2CC[C@H](C)C2)cc1C. The van der Waals surface area contributed by atoms with E-state index in [0.29, 0.717) is 31.0 Å². The molecule has 0 N–H and O–H groups in total. The molecule has 4 nitrogen and oxygen atoms in total. The van der Waals surface area contributed by atoms with Crippen molar-refractivity contribution in [3.05, 3.63) is 88.0 Å². The molecule has 2 atom stereocenters. The van der Waals surface area contributed by atoms with Crippen LogP contribution in [0.4, 0.5) is 10.1 Å². The van der Waals surface area contributed by atoms with E-state index in [1.54, 1.807) is 0 Å². The number of alkyl halides is 1. The van der Waals surface area contributed by atoms with E-state index in [2.05, 4.69) is 58.0 Å². The number of allylic oxidation sites excluding steroid dienone is 1. The van der Waals surface area contributed by atoms with Crippen LogP contribution in [0.25, 0.3) is 22.8 Å². The molecule has 1 amide bonds. The summed E-state index contributed by atoms with van der Waals surface area (Å²) in [6.07, 6.45) is 2.94. The van der Waals surface area contributed by atoms with Crippen molar-refractivity contribution >= 4 is 23.2 Å². The Morgan fingerprint density at radius 1 is 1.05 bits per heavy atom. The summed E-state index contributed by atoms with van der Waals surface area (Å²) in [6.45, 7) is 11.1. The lowest BCUT2D eigenvalue weighted by Gasteiger charge is -2.20. The van der Waals surface area contributed by atoms with E-state index in [1.807, 2.05) is 46.2 Å². The van der Waals surface area contributed by atoms with Crippen LogP contribution in [-0.2, 0) is 0 Å². The van der Waals surface area contributed by atoms with Gasteiger partial charge in [0.05, 0.1) is 11.3 Å². The quantitative estimate of drug-likeness (QED) is 0.328. The van der Waals surface area contributed by atoms with Gasteiger partial charge in [-0.3, -0.25) is 4.79 Å². The third kappa shape index (κ3) is 5.47. The van der Waals surface area contributed by atoms with Crippen molar-refractivity contribution in [1.82, 2.24) is 4.90 Å². The summed E-state index contributed by atoms with van der Waals surface area (Å²) in [4.78, 5) is 16.9. The van der Waals surface area contributed by atoms with Crippen LogP contribution in [0.1, 0.15) is 64.9 Å². The second-order valence-electron chi connectivity index (χ2n) is 11.2. The molecule has 0 bridgehead atoms. The standard InChI is InChI=1S/C34H36FN3O/c1-22-12-14-38(20-22)34(39)28-8-10-31(24(3)17-28)23(2)16-26-6-5-7-32(25(26)4)27-9-11-33(29(18-27)19-36)37-15-13-30(35)21-37/h5-11,16-18,22,30H,12-15,20-21H2,1-4H3/b23-16+/t22-,30-/m0/s1. The number of benzene rings is 3. The number of aryl methyl sites for hydroxylation is 1. The maximum Gasteiger partial charge on any atom is 0.253 e. The van der Waals surface area contributed by atoms with E-state index >= 15 is 0 Å². The molecule has 2 saturated heterocycles. The van der Waals surface area contributed by atoms with Crippen LogP contribution in [0.2, 0.25) is 0 Å². The van der Waals surface area contributed by atoms with Gasteiger partial charge in [0.2, 0.25) is 0 Å². The number of carbonyl (C=O) groups excluding carboxylic acids is 1. The Hall–Kier alpha value is -3.91. The maximum atomic E-state index is 13.8. The monoisotopic (exact) mass is 521 g/mol. The van der Waals surface area contributed by atoms with Crippen LogP contribution < -0.4 is 4.90 Å². The van der Waals surface area contributed by atoms with E-state index < -0.39 is 6.17 Å². The van der Waals surface area contributed by atoms with Gasteiger partial charge >= 0.3 is 0 Å². The number of amides is 1. The lowest BCUT2D eigenvalue weighted by atomic mass is 9.92. The largest absolute Gasteiger partial charge is 0.367 e. The Bertz CT molecular complexity index is 1480. The van der Waals surface area contributed by atoms with Crippen LogP contribution in [0, 0.1) is 31.1 Å². The lowest BCUT2D eigenvalue weighted by molar-refractivity contribution is 0.0788. The van der Waals surface area contributed by atoms with Crippen LogP contribution >= 0.6 is 0 Å². The predicted molar refractivity (Wildman–Crippen MR) is 157 cm³/mol. The van der Waals surface area contributed by atoms with Gasteiger partial charge in [-0.05, 0) is 103 Å². The van der Waals surface area contributed by atoms with E-state index in [0.717, 1.165) is 69.7 Å². The molecule has 3 aromatic carbocycles. The first-order valence-corrected chi connectivity index (χ1v) is 13.9. The fraction of sp³-hybridized carbons (Fsp3) is 0.353. The summed E-state index contributed by atoms with van der Waals surface area (Å²) in [5, 5.41) is 9.83. The van der Waals surface area contributed by atoms with Crippen molar-refractivity contribution < 1.29 is 9.18 Å². The first kappa shape index (κ1) is 26.7. The summed E-state index contributed by atoms with van der Waals surface area (Å²) in [6, 6.07) is 20.5. The Morgan fingerprint density at radius 3 is 2.54 bits per heavy atom. The molecular weight excluding hydrogens is 485 g/mol. The maximum absolute atomic E-state index is 13.8. The molecule has 0 saturated carbocycles. The highest BCUT2D eigenvalue weighted by Gasteiger charge is 2.25. The fourth-order valence-corrected chi connectivity index (χ4v) is 5.98. The number of carbonyl (C=O) groups is 1. The van der Waals surface area contributed by atoms with Gasteiger partial charge in [0.15, 0.2) is 0 Å². The number of nitriles is 1. The molecule has 0 aromatic heterocycles. The van der Waals surface area contributed by atoms with E-state index in [1.165, 1.54) is 0 Å². The van der Waals surface area contributed by atoms with Gasteiger partial charge in [0, 0.05) is 31.7 Å². The van der Waals surface area contributed by atoms with Crippen molar-refractivity contribution in [2.24, 2.45) is 5.92 Å². The Kier molecular flexibility index (Phi) is 7.57. The molecule has 2 aliphatic heterocycles. The second kappa shape index (κ2) is 11.1. The third-order valence-electron chi connectivity index (χ3n) is 8.26. The van der Waals surface area contributed by atoms with E-state index in [-0.39, 0.29) is 5.91 Å². The number of halogens is 1.